The van der Waals surface area contributed by atoms with Crippen LogP contribution in [0, 0.1) is 0 Å². The molecule has 1 aliphatic heterocycles. The molecule has 1 rings (SSSR count). The minimum absolute atomic E-state index is 0.0853. The zero-order valence-electron chi connectivity index (χ0n) is 10.9. The lowest BCUT2D eigenvalue weighted by atomic mass is 10.2. The Morgan fingerprint density at radius 1 is 1.41 bits per heavy atom. The minimum Gasteiger partial charge on any atom is -0.447 e. The van der Waals surface area contributed by atoms with Gasteiger partial charge in [0.15, 0.2) is 0 Å². The SMILES string of the molecule is CC(C)OC(=O)N1CCNCC1C(=O)N(C)C. The van der Waals surface area contributed by atoms with Crippen molar-refractivity contribution in [3.05, 3.63) is 0 Å². The minimum atomic E-state index is -0.468. The van der Waals surface area contributed by atoms with Crippen molar-refractivity contribution in [3.8, 4) is 0 Å². The Labute approximate surface area is 102 Å². The molecule has 0 aromatic carbocycles. The van der Waals surface area contributed by atoms with Crippen LogP contribution in [0.4, 0.5) is 4.79 Å². The molecule has 17 heavy (non-hydrogen) atoms. The summed E-state index contributed by atoms with van der Waals surface area (Å²) < 4.78 is 5.14. The first-order valence-corrected chi connectivity index (χ1v) is 5.82. The van der Waals surface area contributed by atoms with Gasteiger partial charge in [-0.15, -0.1) is 0 Å². The van der Waals surface area contributed by atoms with Crippen molar-refractivity contribution in [1.82, 2.24) is 15.1 Å². The van der Waals surface area contributed by atoms with Crippen molar-refractivity contribution in [2.24, 2.45) is 0 Å². The number of likely N-dealkylation sites (N-methyl/N-ethyl adjacent to an activating group) is 1. The third-order valence-corrected chi connectivity index (χ3v) is 2.54. The fourth-order valence-corrected chi connectivity index (χ4v) is 1.71. The number of carbonyl (C=O) groups excluding carboxylic acids is 2. The van der Waals surface area contributed by atoms with Crippen LogP contribution < -0.4 is 5.32 Å². The van der Waals surface area contributed by atoms with Gasteiger partial charge >= 0.3 is 6.09 Å². The zero-order valence-corrected chi connectivity index (χ0v) is 10.9. The molecule has 1 atom stereocenters. The molecule has 1 heterocycles. The summed E-state index contributed by atoms with van der Waals surface area (Å²) in [5.41, 5.74) is 0. The van der Waals surface area contributed by atoms with Crippen LogP contribution in [0.2, 0.25) is 0 Å². The Balaban J connectivity index is 2.72. The predicted octanol–water partition coefficient (Wildman–Crippen LogP) is -0.107. The average Bonchev–Trinajstić information content (AvgIpc) is 2.27. The summed E-state index contributed by atoms with van der Waals surface area (Å²) in [6, 6.07) is -0.468. The molecular formula is C11H21N3O3. The van der Waals surface area contributed by atoms with E-state index in [1.54, 1.807) is 27.9 Å². The summed E-state index contributed by atoms with van der Waals surface area (Å²) in [4.78, 5) is 26.8. The Bertz CT molecular complexity index is 292. The highest BCUT2D eigenvalue weighted by Gasteiger charge is 2.34. The second-order valence-corrected chi connectivity index (χ2v) is 4.58. The summed E-state index contributed by atoms with van der Waals surface area (Å²) in [6.45, 7) is 5.25. The van der Waals surface area contributed by atoms with E-state index >= 15 is 0 Å². The van der Waals surface area contributed by atoms with E-state index in [4.69, 9.17) is 4.74 Å². The van der Waals surface area contributed by atoms with Crippen LogP contribution in [-0.4, -0.2) is 67.7 Å². The van der Waals surface area contributed by atoms with E-state index in [-0.39, 0.29) is 12.0 Å². The highest BCUT2D eigenvalue weighted by Crippen LogP contribution is 2.09. The zero-order chi connectivity index (χ0) is 13.0. The van der Waals surface area contributed by atoms with Gasteiger partial charge in [0.05, 0.1) is 6.10 Å². The first-order chi connectivity index (χ1) is 7.93. The number of hydrogen-bond acceptors (Lipinski definition) is 4. The molecule has 1 saturated heterocycles. The Kier molecular flexibility index (Phi) is 4.74. The molecule has 2 amide bonds. The van der Waals surface area contributed by atoms with Crippen LogP contribution >= 0.6 is 0 Å². The van der Waals surface area contributed by atoms with E-state index in [0.717, 1.165) is 0 Å². The fraction of sp³-hybridized carbons (Fsp3) is 0.818. The van der Waals surface area contributed by atoms with Crippen LogP contribution in [0.1, 0.15) is 13.8 Å². The molecule has 0 aromatic heterocycles. The number of piperazine rings is 1. The maximum atomic E-state index is 11.9. The number of nitrogens with zero attached hydrogens (tertiary/aromatic N) is 2. The van der Waals surface area contributed by atoms with Gasteiger partial charge in [-0.1, -0.05) is 0 Å². The molecular weight excluding hydrogens is 222 g/mol. The van der Waals surface area contributed by atoms with Crippen LogP contribution in [0.15, 0.2) is 0 Å². The largest absolute Gasteiger partial charge is 0.447 e. The van der Waals surface area contributed by atoms with Gasteiger partial charge in [0, 0.05) is 33.7 Å². The molecule has 6 heteroatoms. The van der Waals surface area contributed by atoms with Crippen molar-refractivity contribution in [2.45, 2.75) is 26.0 Å². The van der Waals surface area contributed by atoms with Crippen molar-refractivity contribution < 1.29 is 14.3 Å². The van der Waals surface area contributed by atoms with Crippen LogP contribution in [0.5, 0.6) is 0 Å². The summed E-state index contributed by atoms with van der Waals surface area (Å²) in [5, 5.41) is 3.11. The predicted molar refractivity (Wildman–Crippen MR) is 63.7 cm³/mol. The first kappa shape index (κ1) is 13.8. The molecule has 0 spiro atoms. The maximum absolute atomic E-state index is 11.9. The van der Waals surface area contributed by atoms with E-state index in [1.807, 2.05) is 0 Å². The van der Waals surface area contributed by atoms with E-state index in [1.165, 1.54) is 9.80 Å². The van der Waals surface area contributed by atoms with E-state index in [0.29, 0.717) is 19.6 Å². The van der Waals surface area contributed by atoms with Crippen LogP contribution in [0.3, 0.4) is 0 Å². The lowest BCUT2D eigenvalue weighted by Gasteiger charge is -2.35. The Morgan fingerprint density at radius 2 is 2.06 bits per heavy atom. The van der Waals surface area contributed by atoms with Gasteiger partial charge in [-0.25, -0.2) is 4.79 Å². The third kappa shape index (κ3) is 3.59. The van der Waals surface area contributed by atoms with Gasteiger partial charge in [-0.05, 0) is 13.8 Å². The number of hydrogen-bond donors (Lipinski definition) is 1. The van der Waals surface area contributed by atoms with Crippen LogP contribution in [-0.2, 0) is 9.53 Å². The molecule has 98 valence electrons. The van der Waals surface area contributed by atoms with Gasteiger partial charge < -0.3 is 15.0 Å². The Morgan fingerprint density at radius 3 is 2.59 bits per heavy atom. The Hall–Kier alpha value is -1.30. The monoisotopic (exact) mass is 243 g/mol. The maximum Gasteiger partial charge on any atom is 0.410 e. The molecule has 1 fully saturated rings. The molecule has 0 saturated carbocycles. The molecule has 1 N–H and O–H groups in total. The topological polar surface area (TPSA) is 61.9 Å². The standard InChI is InChI=1S/C11H21N3O3/c1-8(2)17-11(16)14-6-5-12-7-9(14)10(15)13(3)4/h8-9,12H,5-7H2,1-4H3. The number of ether oxygens (including phenoxy) is 1. The van der Waals surface area contributed by atoms with Crippen LogP contribution in [0.25, 0.3) is 0 Å². The highest BCUT2D eigenvalue weighted by atomic mass is 16.6. The average molecular weight is 243 g/mol. The van der Waals surface area contributed by atoms with E-state index in [9.17, 15) is 9.59 Å². The third-order valence-electron chi connectivity index (χ3n) is 2.54. The number of amides is 2. The first-order valence-electron chi connectivity index (χ1n) is 5.82. The van der Waals surface area contributed by atoms with Gasteiger partial charge in [-0.3, -0.25) is 9.69 Å². The number of nitrogens with one attached hydrogen (secondary N) is 1. The second kappa shape index (κ2) is 5.86. The lowest BCUT2D eigenvalue weighted by molar-refractivity contribution is -0.134. The summed E-state index contributed by atoms with van der Waals surface area (Å²) in [7, 11) is 3.37. The van der Waals surface area contributed by atoms with Gasteiger partial charge in [0.1, 0.15) is 6.04 Å². The molecule has 1 aliphatic rings. The normalized spacial score (nSPS) is 20.3. The lowest BCUT2D eigenvalue weighted by Crippen LogP contribution is -2.59. The molecule has 0 aliphatic carbocycles. The van der Waals surface area contributed by atoms with Gasteiger partial charge in [0.25, 0.3) is 0 Å². The highest BCUT2D eigenvalue weighted by molar-refractivity contribution is 5.85. The van der Waals surface area contributed by atoms with Crippen molar-refractivity contribution in [1.29, 1.82) is 0 Å². The summed E-state index contributed by atoms with van der Waals surface area (Å²) >= 11 is 0. The van der Waals surface area contributed by atoms with E-state index in [2.05, 4.69) is 5.32 Å². The molecule has 0 bridgehead atoms. The van der Waals surface area contributed by atoms with Crippen molar-refractivity contribution in [3.63, 3.8) is 0 Å². The van der Waals surface area contributed by atoms with E-state index < -0.39 is 12.1 Å². The molecule has 6 nitrogen and oxygen atoms in total. The molecule has 0 aromatic rings. The summed E-state index contributed by atoms with van der Waals surface area (Å²) in [6.07, 6.45) is -0.589. The van der Waals surface area contributed by atoms with Crippen molar-refractivity contribution in [2.75, 3.05) is 33.7 Å². The molecule has 1 unspecified atom stereocenters. The number of rotatable bonds is 2. The van der Waals surface area contributed by atoms with Crippen molar-refractivity contribution >= 4 is 12.0 Å². The fourth-order valence-electron chi connectivity index (χ4n) is 1.71. The quantitative estimate of drug-likeness (QED) is 0.735. The van der Waals surface area contributed by atoms with Gasteiger partial charge in [-0.2, -0.15) is 0 Å². The second-order valence-electron chi connectivity index (χ2n) is 4.58. The van der Waals surface area contributed by atoms with Gasteiger partial charge in [0.2, 0.25) is 5.91 Å². The summed E-state index contributed by atoms with van der Waals surface area (Å²) in [5.74, 6) is -0.0853. The molecule has 0 radical (unpaired) electrons. The number of carbonyl (C=O) groups is 2. The smallest absolute Gasteiger partial charge is 0.410 e.